The van der Waals surface area contributed by atoms with Crippen molar-refractivity contribution < 1.29 is 4.79 Å². The van der Waals surface area contributed by atoms with Gasteiger partial charge in [-0.2, -0.15) is 0 Å². The Hall–Kier alpha value is -2.37. The first-order valence-corrected chi connectivity index (χ1v) is 8.18. The number of aromatic amines is 1. The van der Waals surface area contributed by atoms with E-state index in [1.165, 1.54) is 18.3 Å². The summed E-state index contributed by atoms with van der Waals surface area (Å²) >= 11 is 7.50. The zero-order valence-electron chi connectivity index (χ0n) is 12.0. The molecule has 2 heterocycles. The minimum atomic E-state index is -0.272. The standard InChI is InChI=1S/C17H13ClN2O2S/c18-13-6-3-11(4-7-13)16(14-2-1-9-23-14)20-17(22)12-5-8-15(21)19-10-12/h1-10,16H,(H,19,21)(H,20,22)/t16-/m1/s1. The van der Waals surface area contributed by atoms with Gasteiger partial charge in [-0.3, -0.25) is 9.59 Å². The predicted molar refractivity (Wildman–Crippen MR) is 92.1 cm³/mol. The Morgan fingerprint density at radius 1 is 1.13 bits per heavy atom. The number of nitrogens with one attached hydrogen (secondary N) is 2. The first-order valence-electron chi connectivity index (χ1n) is 6.92. The van der Waals surface area contributed by atoms with Gasteiger partial charge in [0.2, 0.25) is 5.56 Å². The highest BCUT2D eigenvalue weighted by Gasteiger charge is 2.18. The van der Waals surface area contributed by atoms with Crippen LogP contribution in [0.1, 0.15) is 26.8 Å². The van der Waals surface area contributed by atoms with Crippen molar-refractivity contribution in [3.8, 4) is 0 Å². The Balaban J connectivity index is 1.90. The molecule has 1 atom stereocenters. The fraction of sp³-hybridized carbons (Fsp3) is 0.0588. The number of carbonyl (C=O) groups is 1. The highest BCUT2D eigenvalue weighted by Crippen LogP contribution is 2.27. The van der Waals surface area contributed by atoms with Crippen molar-refractivity contribution in [3.05, 3.63) is 91.5 Å². The van der Waals surface area contributed by atoms with Crippen LogP contribution in [0.15, 0.2) is 64.9 Å². The summed E-state index contributed by atoms with van der Waals surface area (Å²) in [5, 5.41) is 5.60. The van der Waals surface area contributed by atoms with Crippen molar-refractivity contribution in [2.24, 2.45) is 0 Å². The Bertz CT molecular complexity index is 837. The van der Waals surface area contributed by atoms with E-state index in [1.54, 1.807) is 23.5 Å². The van der Waals surface area contributed by atoms with Crippen LogP contribution in [0.5, 0.6) is 0 Å². The van der Waals surface area contributed by atoms with Gasteiger partial charge in [-0.05, 0) is 35.2 Å². The number of rotatable bonds is 4. The topological polar surface area (TPSA) is 62.0 Å². The summed E-state index contributed by atoms with van der Waals surface area (Å²) in [5.41, 5.74) is 1.10. The van der Waals surface area contributed by atoms with Crippen molar-refractivity contribution in [1.82, 2.24) is 10.3 Å². The van der Waals surface area contributed by atoms with E-state index in [0.717, 1.165) is 10.4 Å². The fourth-order valence-corrected chi connectivity index (χ4v) is 3.12. The molecule has 1 aromatic carbocycles. The lowest BCUT2D eigenvalue weighted by Crippen LogP contribution is -2.29. The van der Waals surface area contributed by atoms with Gasteiger partial charge < -0.3 is 10.3 Å². The smallest absolute Gasteiger partial charge is 0.253 e. The van der Waals surface area contributed by atoms with Gasteiger partial charge in [0.25, 0.3) is 5.91 Å². The average Bonchev–Trinajstić information content (AvgIpc) is 3.08. The summed E-state index contributed by atoms with van der Waals surface area (Å²) in [7, 11) is 0. The molecular weight excluding hydrogens is 332 g/mol. The van der Waals surface area contributed by atoms with Gasteiger partial charge in [-0.25, -0.2) is 0 Å². The number of pyridine rings is 1. The lowest BCUT2D eigenvalue weighted by Gasteiger charge is -2.18. The van der Waals surface area contributed by atoms with Crippen LogP contribution < -0.4 is 10.9 Å². The first-order chi connectivity index (χ1) is 11.1. The molecule has 0 bridgehead atoms. The molecule has 0 fully saturated rings. The summed E-state index contributed by atoms with van der Waals surface area (Å²) in [6.07, 6.45) is 1.41. The molecule has 0 radical (unpaired) electrons. The molecule has 6 heteroatoms. The number of benzene rings is 1. The van der Waals surface area contributed by atoms with Crippen molar-refractivity contribution in [1.29, 1.82) is 0 Å². The van der Waals surface area contributed by atoms with E-state index in [0.29, 0.717) is 10.6 Å². The fourth-order valence-electron chi connectivity index (χ4n) is 2.20. The van der Waals surface area contributed by atoms with Gasteiger partial charge in [0.15, 0.2) is 0 Å². The molecular formula is C17H13ClN2O2S. The van der Waals surface area contributed by atoms with Crippen molar-refractivity contribution in [2.75, 3.05) is 0 Å². The maximum absolute atomic E-state index is 12.4. The van der Waals surface area contributed by atoms with Gasteiger partial charge in [-0.1, -0.05) is 29.8 Å². The summed E-state index contributed by atoms with van der Waals surface area (Å²) in [5.74, 6) is -0.255. The second-order valence-electron chi connectivity index (χ2n) is 4.92. The molecule has 2 aromatic heterocycles. The molecule has 0 aliphatic carbocycles. The van der Waals surface area contributed by atoms with Crippen molar-refractivity contribution >= 4 is 28.8 Å². The van der Waals surface area contributed by atoms with Crippen LogP contribution in [-0.4, -0.2) is 10.9 Å². The van der Waals surface area contributed by atoms with Crippen LogP contribution in [0.2, 0.25) is 5.02 Å². The normalized spacial score (nSPS) is 11.9. The van der Waals surface area contributed by atoms with Crippen LogP contribution in [0.4, 0.5) is 0 Å². The Morgan fingerprint density at radius 2 is 1.91 bits per heavy atom. The zero-order valence-corrected chi connectivity index (χ0v) is 13.5. The highest BCUT2D eigenvalue weighted by molar-refractivity contribution is 7.10. The summed E-state index contributed by atoms with van der Waals surface area (Å²) in [6.45, 7) is 0. The van der Waals surface area contributed by atoms with Crippen LogP contribution in [0.25, 0.3) is 0 Å². The molecule has 0 saturated heterocycles. The zero-order chi connectivity index (χ0) is 16.2. The van der Waals surface area contributed by atoms with E-state index < -0.39 is 0 Å². The lowest BCUT2D eigenvalue weighted by atomic mass is 10.0. The van der Waals surface area contributed by atoms with E-state index >= 15 is 0 Å². The molecule has 0 unspecified atom stereocenters. The second-order valence-corrected chi connectivity index (χ2v) is 6.33. The van der Waals surface area contributed by atoms with E-state index in [9.17, 15) is 9.59 Å². The molecule has 0 saturated carbocycles. The number of hydrogen-bond acceptors (Lipinski definition) is 3. The quantitative estimate of drug-likeness (QED) is 0.759. The maximum Gasteiger partial charge on any atom is 0.253 e. The largest absolute Gasteiger partial charge is 0.340 e. The molecule has 116 valence electrons. The Morgan fingerprint density at radius 3 is 2.52 bits per heavy atom. The molecule has 23 heavy (non-hydrogen) atoms. The third-order valence-electron chi connectivity index (χ3n) is 3.35. The lowest BCUT2D eigenvalue weighted by molar-refractivity contribution is 0.0943. The molecule has 2 N–H and O–H groups in total. The van der Waals surface area contributed by atoms with E-state index in [4.69, 9.17) is 11.6 Å². The van der Waals surface area contributed by atoms with Crippen molar-refractivity contribution in [2.45, 2.75) is 6.04 Å². The van der Waals surface area contributed by atoms with Crippen LogP contribution in [0.3, 0.4) is 0 Å². The number of halogens is 1. The summed E-state index contributed by atoms with van der Waals surface area (Å²) in [4.78, 5) is 27.1. The highest BCUT2D eigenvalue weighted by atomic mass is 35.5. The monoisotopic (exact) mass is 344 g/mol. The number of hydrogen-bond donors (Lipinski definition) is 2. The van der Waals surface area contributed by atoms with Gasteiger partial charge in [-0.15, -0.1) is 11.3 Å². The predicted octanol–water partition coefficient (Wildman–Crippen LogP) is 3.61. The molecule has 3 rings (SSSR count). The van der Waals surface area contributed by atoms with Gasteiger partial charge in [0, 0.05) is 22.2 Å². The third-order valence-corrected chi connectivity index (χ3v) is 4.54. The Labute approximate surface area is 141 Å². The molecule has 0 spiro atoms. The van der Waals surface area contributed by atoms with Crippen LogP contribution in [0, 0.1) is 0 Å². The number of aromatic nitrogens is 1. The SMILES string of the molecule is O=C(N[C@H](c1ccc(Cl)cc1)c1cccs1)c1ccc(=O)[nH]c1. The second kappa shape index (κ2) is 6.81. The molecule has 1 amide bonds. The van der Waals surface area contributed by atoms with Crippen LogP contribution >= 0.6 is 22.9 Å². The summed E-state index contributed by atoms with van der Waals surface area (Å²) in [6, 6.07) is 13.8. The minimum absolute atomic E-state index is 0.242. The Kier molecular flexibility index (Phi) is 4.60. The number of H-pyrrole nitrogens is 1. The van der Waals surface area contributed by atoms with Gasteiger partial charge in [0.05, 0.1) is 11.6 Å². The molecule has 4 nitrogen and oxygen atoms in total. The molecule has 0 aliphatic heterocycles. The number of amides is 1. The summed E-state index contributed by atoms with van der Waals surface area (Å²) < 4.78 is 0. The number of carbonyl (C=O) groups excluding carboxylic acids is 1. The number of thiophene rings is 1. The third kappa shape index (κ3) is 3.70. The van der Waals surface area contributed by atoms with E-state index in [1.807, 2.05) is 29.6 Å². The maximum atomic E-state index is 12.4. The minimum Gasteiger partial charge on any atom is -0.340 e. The van der Waals surface area contributed by atoms with Gasteiger partial charge >= 0.3 is 0 Å². The molecule has 0 aliphatic rings. The molecule has 3 aromatic rings. The van der Waals surface area contributed by atoms with E-state index in [2.05, 4.69) is 10.3 Å². The first kappa shape index (κ1) is 15.5. The van der Waals surface area contributed by atoms with E-state index in [-0.39, 0.29) is 17.5 Å². The van der Waals surface area contributed by atoms with Crippen LogP contribution in [-0.2, 0) is 0 Å². The van der Waals surface area contributed by atoms with Gasteiger partial charge in [0.1, 0.15) is 0 Å². The van der Waals surface area contributed by atoms with Crippen molar-refractivity contribution in [3.63, 3.8) is 0 Å². The average molecular weight is 345 g/mol.